The third-order valence-corrected chi connectivity index (χ3v) is 3.85. The van der Waals surface area contributed by atoms with E-state index in [-0.39, 0.29) is 22.5 Å². The Kier molecular flexibility index (Phi) is 5.61. The lowest BCUT2D eigenvalue weighted by atomic mass is 10.0. The molecule has 8 heteroatoms. The number of aromatic nitrogens is 2. The fourth-order valence-electron chi connectivity index (χ4n) is 2.52. The molecule has 3 aromatic rings. The number of hydrogen-bond acceptors (Lipinski definition) is 6. The van der Waals surface area contributed by atoms with Crippen LogP contribution in [0.25, 0.3) is 24.3 Å². The number of rotatable bonds is 6. The predicted octanol–water partition coefficient (Wildman–Crippen LogP) is 4.63. The maximum Gasteiger partial charge on any atom is 0.283 e. The SMILES string of the molecule is O=[N+]([O-])c1cc([N+](=O)[O-])c(/C=C/c2cccnc2)cc1/C=C\c1cccnc1. The molecule has 0 aliphatic carbocycles. The molecule has 0 bridgehead atoms. The maximum absolute atomic E-state index is 11.4. The van der Waals surface area contributed by atoms with Crippen molar-refractivity contribution >= 4 is 35.7 Å². The van der Waals surface area contributed by atoms with Gasteiger partial charge in [0.15, 0.2) is 0 Å². The summed E-state index contributed by atoms with van der Waals surface area (Å²) in [5.41, 5.74) is 1.33. The zero-order chi connectivity index (χ0) is 19.9. The van der Waals surface area contributed by atoms with Crippen LogP contribution >= 0.6 is 0 Å². The predicted molar refractivity (Wildman–Crippen MR) is 106 cm³/mol. The highest BCUT2D eigenvalue weighted by atomic mass is 16.6. The summed E-state index contributed by atoms with van der Waals surface area (Å²) in [6.07, 6.45) is 12.9. The Balaban J connectivity index is 2.07. The van der Waals surface area contributed by atoms with Crippen LogP contribution in [0.4, 0.5) is 11.4 Å². The molecular weight excluding hydrogens is 360 g/mol. The summed E-state index contributed by atoms with van der Waals surface area (Å²) in [6, 6.07) is 9.48. The normalized spacial score (nSPS) is 11.1. The van der Waals surface area contributed by atoms with Crippen LogP contribution in [0.1, 0.15) is 22.3 Å². The van der Waals surface area contributed by atoms with Crippen molar-refractivity contribution in [3.05, 3.63) is 104 Å². The fourth-order valence-corrected chi connectivity index (χ4v) is 2.52. The summed E-state index contributed by atoms with van der Waals surface area (Å²) in [6.45, 7) is 0. The molecule has 0 saturated heterocycles. The highest BCUT2D eigenvalue weighted by Gasteiger charge is 2.22. The lowest BCUT2D eigenvalue weighted by Crippen LogP contribution is -1.98. The first kappa shape index (κ1) is 18.6. The van der Waals surface area contributed by atoms with Crippen LogP contribution in [0.5, 0.6) is 0 Å². The lowest BCUT2D eigenvalue weighted by Gasteiger charge is -2.03. The summed E-state index contributed by atoms with van der Waals surface area (Å²) >= 11 is 0. The zero-order valence-electron chi connectivity index (χ0n) is 14.5. The topological polar surface area (TPSA) is 112 Å². The second-order valence-electron chi connectivity index (χ2n) is 5.72. The van der Waals surface area contributed by atoms with Crippen molar-refractivity contribution < 1.29 is 9.85 Å². The molecule has 0 N–H and O–H groups in total. The van der Waals surface area contributed by atoms with Gasteiger partial charge in [-0.3, -0.25) is 30.2 Å². The van der Waals surface area contributed by atoms with Crippen LogP contribution in [0.2, 0.25) is 0 Å². The van der Waals surface area contributed by atoms with Crippen LogP contribution in [0.3, 0.4) is 0 Å². The van der Waals surface area contributed by atoms with E-state index < -0.39 is 9.85 Å². The monoisotopic (exact) mass is 374 g/mol. The minimum Gasteiger partial charge on any atom is -0.264 e. The molecule has 0 aliphatic heterocycles. The number of benzene rings is 1. The molecule has 28 heavy (non-hydrogen) atoms. The quantitative estimate of drug-likeness (QED) is 0.459. The van der Waals surface area contributed by atoms with E-state index in [1.54, 1.807) is 73.4 Å². The van der Waals surface area contributed by atoms with Gasteiger partial charge in [-0.15, -0.1) is 0 Å². The van der Waals surface area contributed by atoms with Crippen molar-refractivity contribution in [1.82, 2.24) is 9.97 Å². The third-order valence-electron chi connectivity index (χ3n) is 3.85. The van der Waals surface area contributed by atoms with Gasteiger partial charge in [-0.1, -0.05) is 24.3 Å². The molecule has 2 aromatic heterocycles. The summed E-state index contributed by atoms with van der Waals surface area (Å²) < 4.78 is 0. The van der Waals surface area contributed by atoms with Crippen LogP contribution in [0.15, 0.2) is 61.2 Å². The molecule has 0 atom stereocenters. The molecule has 0 amide bonds. The lowest BCUT2D eigenvalue weighted by molar-refractivity contribution is -0.394. The van der Waals surface area contributed by atoms with Gasteiger partial charge in [-0.05, 0) is 41.5 Å². The number of hydrogen-bond donors (Lipinski definition) is 0. The molecule has 0 spiro atoms. The van der Waals surface area contributed by atoms with Gasteiger partial charge in [-0.25, -0.2) is 0 Å². The van der Waals surface area contributed by atoms with Crippen LogP contribution in [-0.2, 0) is 0 Å². The zero-order valence-corrected chi connectivity index (χ0v) is 14.5. The summed E-state index contributed by atoms with van der Waals surface area (Å²) in [4.78, 5) is 29.5. The van der Waals surface area contributed by atoms with Crippen molar-refractivity contribution in [3.8, 4) is 0 Å². The Labute approximate surface area is 159 Å². The maximum atomic E-state index is 11.4. The molecule has 2 heterocycles. The van der Waals surface area contributed by atoms with Crippen LogP contribution < -0.4 is 0 Å². The highest BCUT2D eigenvalue weighted by molar-refractivity contribution is 5.81. The Morgan fingerprint density at radius 1 is 0.714 bits per heavy atom. The van der Waals surface area contributed by atoms with Gasteiger partial charge >= 0.3 is 0 Å². The van der Waals surface area contributed by atoms with Gasteiger partial charge in [-0.2, -0.15) is 0 Å². The number of nitro groups is 2. The van der Waals surface area contributed by atoms with Crippen molar-refractivity contribution in [3.63, 3.8) is 0 Å². The minimum absolute atomic E-state index is 0.255. The van der Waals surface area contributed by atoms with Gasteiger partial charge in [0.2, 0.25) is 0 Å². The van der Waals surface area contributed by atoms with E-state index in [0.717, 1.165) is 17.2 Å². The molecule has 138 valence electrons. The summed E-state index contributed by atoms with van der Waals surface area (Å²) in [7, 11) is 0. The molecule has 0 radical (unpaired) electrons. The van der Waals surface area contributed by atoms with Crippen molar-refractivity contribution in [2.45, 2.75) is 0 Å². The second kappa shape index (κ2) is 8.45. The average molecular weight is 374 g/mol. The number of pyridine rings is 2. The first-order valence-electron chi connectivity index (χ1n) is 8.17. The summed E-state index contributed by atoms with van der Waals surface area (Å²) in [5, 5.41) is 22.8. The number of nitro benzene ring substituents is 2. The van der Waals surface area contributed by atoms with E-state index in [0.29, 0.717) is 0 Å². The van der Waals surface area contributed by atoms with Gasteiger partial charge in [0.05, 0.1) is 27.0 Å². The Bertz CT molecular complexity index is 982. The smallest absolute Gasteiger partial charge is 0.264 e. The van der Waals surface area contributed by atoms with Crippen molar-refractivity contribution in [1.29, 1.82) is 0 Å². The van der Waals surface area contributed by atoms with Crippen LogP contribution in [0, 0.1) is 20.2 Å². The molecule has 8 nitrogen and oxygen atoms in total. The minimum atomic E-state index is -0.634. The van der Waals surface area contributed by atoms with E-state index >= 15 is 0 Å². The van der Waals surface area contributed by atoms with E-state index in [1.807, 2.05) is 0 Å². The molecule has 1 aromatic carbocycles. The highest BCUT2D eigenvalue weighted by Crippen LogP contribution is 2.31. The van der Waals surface area contributed by atoms with E-state index in [4.69, 9.17) is 0 Å². The molecule has 0 aliphatic rings. The standard InChI is InChI=1S/C20H14N4O4/c25-23(26)19-12-20(24(27)28)18(8-6-16-4-2-10-22-14-16)11-17(19)7-5-15-3-1-9-21-13-15/h1-14H/b7-5-,8-6+. The molecule has 0 unspecified atom stereocenters. The Morgan fingerprint density at radius 2 is 1.18 bits per heavy atom. The summed E-state index contributed by atoms with van der Waals surface area (Å²) in [5.74, 6) is 0. The van der Waals surface area contributed by atoms with E-state index in [1.165, 1.54) is 6.07 Å². The Hall–Kier alpha value is -4.20. The van der Waals surface area contributed by atoms with Crippen molar-refractivity contribution in [2.24, 2.45) is 0 Å². The third kappa shape index (κ3) is 4.50. The molecule has 0 saturated carbocycles. The first-order chi connectivity index (χ1) is 13.5. The average Bonchev–Trinajstić information content (AvgIpc) is 2.71. The van der Waals surface area contributed by atoms with Crippen LogP contribution in [-0.4, -0.2) is 19.8 Å². The van der Waals surface area contributed by atoms with Gasteiger partial charge in [0.1, 0.15) is 0 Å². The van der Waals surface area contributed by atoms with Crippen molar-refractivity contribution in [2.75, 3.05) is 0 Å². The largest absolute Gasteiger partial charge is 0.283 e. The van der Waals surface area contributed by atoms with Gasteiger partial charge in [0, 0.05) is 24.8 Å². The van der Waals surface area contributed by atoms with Gasteiger partial charge in [0.25, 0.3) is 11.4 Å². The molecule has 0 fully saturated rings. The Morgan fingerprint density at radius 3 is 1.54 bits per heavy atom. The van der Waals surface area contributed by atoms with Gasteiger partial charge < -0.3 is 0 Å². The fraction of sp³-hybridized carbons (Fsp3) is 0. The first-order valence-corrected chi connectivity index (χ1v) is 8.17. The molecular formula is C20H14N4O4. The second-order valence-corrected chi connectivity index (χ2v) is 5.72. The van der Waals surface area contributed by atoms with E-state index in [2.05, 4.69) is 9.97 Å². The number of nitrogens with zero attached hydrogens (tertiary/aromatic N) is 4. The molecule has 3 rings (SSSR count). The van der Waals surface area contributed by atoms with E-state index in [9.17, 15) is 20.2 Å².